The first-order valence-corrected chi connectivity index (χ1v) is 6.71. The van der Waals surface area contributed by atoms with E-state index < -0.39 is 0 Å². The molecule has 0 saturated carbocycles. The summed E-state index contributed by atoms with van der Waals surface area (Å²) >= 11 is 1.79. The third-order valence-electron chi connectivity index (χ3n) is 2.73. The zero-order chi connectivity index (χ0) is 12.1. The second kappa shape index (κ2) is 6.00. The van der Waals surface area contributed by atoms with Gasteiger partial charge >= 0.3 is 0 Å². The highest BCUT2D eigenvalue weighted by molar-refractivity contribution is 7.09. The lowest BCUT2D eigenvalue weighted by Gasteiger charge is -2.17. The van der Waals surface area contributed by atoms with Crippen LogP contribution in [0, 0.1) is 0 Å². The van der Waals surface area contributed by atoms with Gasteiger partial charge in [0.1, 0.15) is 5.76 Å². The van der Waals surface area contributed by atoms with Gasteiger partial charge in [-0.2, -0.15) is 0 Å². The Balaban J connectivity index is 1.95. The summed E-state index contributed by atoms with van der Waals surface area (Å²) in [7, 11) is 0. The van der Waals surface area contributed by atoms with E-state index in [4.69, 9.17) is 10.2 Å². The van der Waals surface area contributed by atoms with Crippen molar-refractivity contribution in [3.8, 4) is 0 Å². The summed E-state index contributed by atoms with van der Waals surface area (Å²) in [5, 5.41) is 2.11. The van der Waals surface area contributed by atoms with Crippen LogP contribution in [-0.2, 0) is 19.6 Å². The topological polar surface area (TPSA) is 42.4 Å². The Hall–Kier alpha value is -1.10. The predicted octanol–water partition coefficient (Wildman–Crippen LogP) is 2.82. The molecule has 0 atom stereocenters. The van der Waals surface area contributed by atoms with Gasteiger partial charge in [-0.1, -0.05) is 13.0 Å². The Morgan fingerprint density at radius 2 is 2.29 bits per heavy atom. The highest BCUT2D eigenvalue weighted by Gasteiger charge is 2.08. The fourth-order valence-electron chi connectivity index (χ4n) is 1.74. The number of nitrogens with zero attached hydrogens (tertiary/aromatic N) is 1. The minimum Gasteiger partial charge on any atom is -0.468 e. The zero-order valence-electron chi connectivity index (χ0n) is 10.1. The second-order valence-corrected chi connectivity index (χ2v) is 5.04. The van der Waals surface area contributed by atoms with Crippen molar-refractivity contribution in [3.05, 3.63) is 46.0 Å². The first kappa shape index (κ1) is 12.4. The Bertz CT molecular complexity index is 436. The third kappa shape index (κ3) is 3.43. The molecule has 2 aromatic rings. The van der Waals surface area contributed by atoms with E-state index in [1.807, 2.05) is 6.07 Å². The van der Waals surface area contributed by atoms with Crippen LogP contribution in [0.1, 0.15) is 23.1 Å². The van der Waals surface area contributed by atoms with Crippen molar-refractivity contribution in [1.29, 1.82) is 0 Å². The molecule has 0 aliphatic heterocycles. The largest absolute Gasteiger partial charge is 0.468 e. The summed E-state index contributed by atoms with van der Waals surface area (Å²) < 4.78 is 5.49. The maximum Gasteiger partial charge on any atom is 0.118 e. The van der Waals surface area contributed by atoms with Crippen molar-refractivity contribution in [2.75, 3.05) is 6.54 Å². The van der Waals surface area contributed by atoms with E-state index in [9.17, 15) is 0 Å². The second-order valence-electron chi connectivity index (χ2n) is 4.01. The minimum absolute atomic E-state index is 0.542. The molecule has 92 valence electrons. The Kier molecular flexibility index (Phi) is 4.36. The molecule has 0 spiro atoms. The van der Waals surface area contributed by atoms with Crippen molar-refractivity contribution in [2.45, 2.75) is 26.6 Å². The average molecular weight is 250 g/mol. The molecule has 0 bridgehead atoms. The van der Waals surface area contributed by atoms with E-state index in [1.165, 1.54) is 4.88 Å². The summed E-state index contributed by atoms with van der Waals surface area (Å²) in [6.07, 6.45) is 1.74. The number of hydrogen-bond acceptors (Lipinski definition) is 4. The predicted molar refractivity (Wildman–Crippen MR) is 70.7 cm³/mol. The first-order valence-electron chi connectivity index (χ1n) is 5.83. The molecule has 0 amide bonds. The van der Waals surface area contributed by atoms with Crippen LogP contribution in [0.15, 0.2) is 34.3 Å². The van der Waals surface area contributed by atoms with Crippen LogP contribution < -0.4 is 5.73 Å². The molecule has 0 aromatic carbocycles. The van der Waals surface area contributed by atoms with Gasteiger partial charge in [-0.05, 0) is 24.1 Å². The fourth-order valence-corrected chi connectivity index (χ4v) is 2.49. The van der Waals surface area contributed by atoms with Crippen molar-refractivity contribution < 1.29 is 4.42 Å². The Labute approximate surface area is 106 Å². The van der Waals surface area contributed by atoms with E-state index >= 15 is 0 Å². The molecule has 4 heteroatoms. The summed E-state index contributed by atoms with van der Waals surface area (Å²) in [4.78, 5) is 3.74. The zero-order valence-corrected chi connectivity index (χ0v) is 10.9. The normalized spacial score (nSPS) is 11.2. The highest BCUT2D eigenvalue weighted by Crippen LogP contribution is 2.15. The number of rotatable bonds is 6. The molecule has 2 N–H and O–H groups in total. The summed E-state index contributed by atoms with van der Waals surface area (Å²) in [5.41, 5.74) is 6.63. The minimum atomic E-state index is 0.542. The molecule has 0 aliphatic carbocycles. The fraction of sp³-hybridized carbons (Fsp3) is 0.385. The van der Waals surface area contributed by atoms with E-state index in [0.717, 1.165) is 31.0 Å². The smallest absolute Gasteiger partial charge is 0.118 e. The lowest BCUT2D eigenvalue weighted by Crippen LogP contribution is -2.21. The maximum absolute atomic E-state index is 5.56. The molecule has 0 unspecified atom stereocenters. The molecule has 3 nitrogen and oxygen atoms in total. The number of hydrogen-bond donors (Lipinski definition) is 1. The van der Waals surface area contributed by atoms with E-state index in [1.54, 1.807) is 17.6 Å². The van der Waals surface area contributed by atoms with Gasteiger partial charge in [0.2, 0.25) is 0 Å². The lowest BCUT2D eigenvalue weighted by atomic mass is 10.3. The van der Waals surface area contributed by atoms with E-state index in [-0.39, 0.29) is 0 Å². The quantitative estimate of drug-likeness (QED) is 0.857. The van der Waals surface area contributed by atoms with Crippen molar-refractivity contribution >= 4 is 11.3 Å². The van der Waals surface area contributed by atoms with Gasteiger partial charge in [0.15, 0.2) is 0 Å². The van der Waals surface area contributed by atoms with Gasteiger partial charge in [-0.25, -0.2) is 0 Å². The summed E-state index contributed by atoms with van der Waals surface area (Å²) in [5.74, 6) is 0.990. The third-order valence-corrected chi connectivity index (χ3v) is 3.59. The molecule has 2 aromatic heterocycles. The van der Waals surface area contributed by atoms with Gasteiger partial charge in [0.25, 0.3) is 0 Å². The molecular weight excluding hydrogens is 232 g/mol. The van der Waals surface area contributed by atoms with Crippen LogP contribution in [0.4, 0.5) is 0 Å². The van der Waals surface area contributed by atoms with Crippen LogP contribution in [0.5, 0.6) is 0 Å². The summed E-state index contributed by atoms with van der Waals surface area (Å²) in [6, 6.07) is 6.30. The molecule has 0 radical (unpaired) electrons. The number of thiophene rings is 1. The van der Waals surface area contributed by atoms with E-state index in [0.29, 0.717) is 6.54 Å². The van der Waals surface area contributed by atoms with Gasteiger partial charge in [0, 0.05) is 23.5 Å². The van der Waals surface area contributed by atoms with Crippen molar-refractivity contribution in [3.63, 3.8) is 0 Å². The molecule has 17 heavy (non-hydrogen) atoms. The van der Waals surface area contributed by atoms with Gasteiger partial charge < -0.3 is 10.2 Å². The molecule has 0 saturated heterocycles. The van der Waals surface area contributed by atoms with Crippen molar-refractivity contribution in [2.24, 2.45) is 5.73 Å². The number of nitrogens with two attached hydrogens (primary N) is 1. The molecular formula is C13H18N2OS. The standard InChI is InChI=1S/C13H18N2OS/c1-2-15(9-13-4-3-5-17-13)8-12-6-11(7-14)10-16-12/h3-6,10H,2,7-9,14H2,1H3. The number of furan rings is 1. The van der Waals surface area contributed by atoms with Crippen molar-refractivity contribution in [1.82, 2.24) is 4.90 Å². The highest BCUT2D eigenvalue weighted by atomic mass is 32.1. The molecule has 0 fully saturated rings. The van der Waals surface area contributed by atoms with E-state index in [2.05, 4.69) is 29.3 Å². The van der Waals surface area contributed by atoms with Gasteiger partial charge in [-0.3, -0.25) is 4.90 Å². The first-order chi connectivity index (χ1) is 8.31. The van der Waals surface area contributed by atoms with Crippen LogP contribution in [0.2, 0.25) is 0 Å². The van der Waals surface area contributed by atoms with Crippen LogP contribution in [0.25, 0.3) is 0 Å². The van der Waals surface area contributed by atoms with Gasteiger partial charge in [0.05, 0.1) is 12.8 Å². The molecule has 2 heterocycles. The summed E-state index contributed by atoms with van der Waals surface area (Å²) in [6.45, 7) is 5.54. The maximum atomic E-state index is 5.56. The average Bonchev–Trinajstić information content (AvgIpc) is 2.99. The van der Waals surface area contributed by atoms with Gasteiger partial charge in [-0.15, -0.1) is 11.3 Å². The molecule has 0 aliphatic rings. The lowest BCUT2D eigenvalue weighted by molar-refractivity contribution is 0.250. The SMILES string of the molecule is CCN(Cc1cc(CN)co1)Cc1cccs1. The Morgan fingerprint density at radius 1 is 1.41 bits per heavy atom. The Morgan fingerprint density at radius 3 is 2.88 bits per heavy atom. The van der Waals surface area contributed by atoms with Crippen LogP contribution >= 0.6 is 11.3 Å². The monoisotopic (exact) mass is 250 g/mol. The van der Waals surface area contributed by atoms with Crippen LogP contribution in [-0.4, -0.2) is 11.4 Å². The van der Waals surface area contributed by atoms with Crippen LogP contribution in [0.3, 0.4) is 0 Å². The molecule has 2 rings (SSSR count).